The number of nitrogens with zero attached hydrogens (tertiary/aromatic N) is 2. The Bertz CT molecular complexity index is 473. The number of β-amino-alcohol motifs (C(OH)–C–C–N with tert-alkyl or cyclic N) is 1. The monoisotopic (exact) mass is 294 g/mol. The fourth-order valence-electron chi connectivity index (χ4n) is 2.26. The van der Waals surface area contributed by atoms with Crippen LogP contribution in [0, 0.1) is 0 Å². The lowest BCUT2D eigenvalue weighted by molar-refractivity contribution is -0.137. The number of rotatable bonds is 3. The van der Waals surface area contributed by atoms with Crippen molar-refractivity contribution in [3.63, 3.8) is 0 Å². The predicted molar refractivity (Wildman–Crippen MR) is 66.3 cm³/mol. The van der Waals surface area contributed by atoms with Crippen LogP contribution < -0.4 is 4.90 Å². The van der Waals surface area contributed by atoms with Crippen molar-refractivity contribution in [2.24, 2.45) is 0 Å². The van der Waals surface area contributed by atoms with Crippen LogP contribution in [-0.2, 0) is 6.18 Å². The van der Waals surface area contributed by atoms with Crippen molar-refractivity contribution in [1.29, 1.82) is 0 Å². The number of anilines is 1. The van der Waals surface area contributed by atoms with Gasteiger partial charge in [-0.25, -0.2) is 4.98 Å². The van der Waals surface area contributed by atoms with Crippen molar-refractivity contribution in [3.05, 3.63) is 22.8 Å². The molecule has 0 saturated carbocycles. The van der Waals surface area contributed by atoms with Crippen LogP contribution in [0.3, 0.4) is 0 Å². The fourth-order valence-corrected chi connectivity index (χ4v) is 2.54. The molecule has 0 aromatic carbocycles. The van der Waals surface area contributed by atoms with Crippen LogP contribution >= 0.6 is 11.6 Å². The number of aliphatic hydroxyl groups is 1. The van der Waals surface area contributed by atoms with Crippen molar-refractivity contribution in [1.82, 2.24) is 4.98 Å². The molecule has 3 nitrogen and oxygen atoms in total. The summed E-state index contributed by atoms with van der Waals surface area (Å²) < 4.78 is 37.4. The van der Waals surface area contributed by atoms with Gasteiger partial charge in [-0.05, 0) is 12.5 Å². The highest BCUT2D eigenvalue weighted by Crippen LogP contribution is 2.37. The van der Waals surface area contributed by atoms with E-state index in [4.69, 9.17) is 11.6 Å². The van der Waals surface area contributed by atoms with Gasteiger partial charge in [-0.3, -0.25) is 0 Å². The summed E-state index contributed by atoms with van der Waals surface area (Å²) in [5.74, 6) is 0.287. The maximum absolute atomic E-state index is 12.5. The van der Waals surface area contributed by atoms with Crippen molar-refractivity contribution in [2.45, 2.75) is 31.5 Å². The molecule has 0 spiro atoms. The predicted octanol–water partition coefficient (Wildman–Crippen LogP) is 3.11. The number of aromatic nitrogens is 1. The molecule has 1 saturated heterocycles. The molecule has 2 rings (SSSR count). The second-order valence-electron chi connectivity index (χ2n) is 4.86. The normalized spacial score (nSPS) is 18.3. The molecule has 2 heterocycles. The van der Waals surface area contributed by atoms with Gasteiger partial charge in [0, 0.05) is 6.20 Å². The summed E-state index contributed by atoms with van der Waals surface area (Å²) >= 11 is 5.83. The Labute approximate surface area is 114 Å². The van der Waals surface area contributed by atoms with Crippen molar-refractivity contribution in [2.75, 3.05) is 18.0 Å². The standard InChI is InChI=1S/C12H14ClF3N2O/c1-2-3-11(19)6-18(7-11)10-9(13)4-8(5-17-10)12(14,15)16/h4-5,19H,2-3,6-7H2,1H3. The van der Waals surface area contributed by atoms with Crippen molar-refractivity contribution in [3.8, 4) is 0 Å². The van der Waals surface area contributed by atoms with Gasteiger partial charge in [-0.2, -0.15) is 13.2 Å². The van der Waals surface area contributed by atoms with E-state index in [1.807, 2.05) is 6.92 Å². The first-order valence-electron chi connectivity index (χ1n) is 5.95. The zero-order chi connectivity index (χ0) is 14.3. The highest BCUT2D eigenvalue weighted by molar-refractivity contribution is 6.33. The van der Waals surface area contributed by atoms with Gasteiger partial charge in [-0.15, -0.1) is 0 Å². The topological polar surface area (TPSA) is 36.4 Å². The minimum atomic E-state index is -4.45. The molecule has 106 valence electrons. The van der Waals surface area contributed by atoms with Gasteiger partial charge in [0.2, 0.25) is 0 Å². The minimum Gasteiger partial charge on any atom is -0.386 e. The molecule has 1 fully saturated rings. The lowest BCUT2D eigenvalue weighted by Gasteiger charge is -2.47. The van der Waals surface area contributed by atoms with E-state index >= 15 is 0 Å². The van der Waals surface area contributed by atoms with E-state index in [0.29, 0.717) is 19.5 Å². The molecular formula is C12H14ClF3N2O. The van der Waals surface area contributed by atoms with Gasteiger partial charge in [-0.1, -0.05) is 24.9 Å². The van der Waals surface area contributed by atoms with E-state index in [9.17, 15) is 18.3 Å². The summed E-state index contributed by atoms with van der Waals surface area (Å²) in [7, 11) is 0. The van der Waals surface area contributed by atoms with E-state index in [-0.39, 0.29) is 10.8 Å². The Kier molecular flexibility index (Phi) is 3.66. The summed E-state index contributed by atoms with van der Waals surface area (Å²) in [5, 5.41) is 9.98. The van der Waals surface area contributed by atoms with Gasteiger partial charge < -0.3 is 10.0 Å². The minimum absolute atomic E-state index is 0.0478. The Morgan fingerprint density at radius 3 is 2.58 bits per heavy atom. The zero-order valence-electron chi connectivity index (χ0n) is 10.3. The molecule has 0 aliphatic carbocycles. The third-order valence-corrected chi connectivity index (χ3v) is 3.41. The van der Waals surface area contributed by atoms with E-state index in [1.165, 1.54) is 0 Å². The Hall–Kier alpha value is -1.01. The van der Waals surface area contributed by atoms with Gasteiger partial charge in [0.05, 0.1) is 29.3 Å². The first-order valence-corrected chi connectivity index (χ1v) is 6.33. The number of alkyl halides is 3. The van der Waals surface area contributed by atoms with Crippen molar-refractivity contribution < 1.29 is 18.3 Å². The number of hydrogen-bond acceptors (Lipinski definition) is 3. The van der Waals surface area contributed by atoms with Crippen LogP contribution in [0.15, 0.2) is 12.3 Å². The quantitative estimate of drug-likeness (QED) is 0.930. The van der Waals surface area contributed by atoms with E-state index in [1.54, 1.807) is 4.90 Å². The lowest BCUT2D eigenvalue weighted by atomic mass is 9.89. The Morgan fingerprint density at radius 2 is 2.11 bits per heavy atom. The SMILES string of the molecule is CCCC1(O)CN(c2ncc(C(F)(F)F)cc2Cl)C1. The summed E-state index contributed by atoms with van der Waals surface area (Å²) in [6, 6.07) is 0.862. The zero-order valence-corrected chi connectivity index (χ0v) is 11.1. The van der Waals surface area contributed by atoms with E-state index < -0.39 is 17.3 Å². The number of halogens is 4. The average molecular weight is 295 g/mol. The molecule has 19 heavy (non-hydrogen) atoms. The van der Waals surface area contributed by atoms with Gasteiger partial charge >= 0.3 is 6.18 Å². The second-order valence-corrected chi connectivity index (χ2v) is 5.26. The van der Waals surface area contributed by atoms with Crippen LogP contribution in [0.1, 0.15) is 25.3 Å². The lowest BCUT2D eigenvalue weighted by Crippen LogP contribution is -2.62. The molecule has 0 atom stereocenters. The van der Waals surface area contributed by atoms with Crippen LogP contribution in [0.25, 0.3) is 0 Å². The van der Waals surface area contributed by atoms with Crippen LogP contribution in [0.2, 0.25) is 5.02 Å². The molecule has 0 radical (unpaired) electrons. The highest BCUT2D eigenvalue weighted by atomic mass is 35.5. The molecule has 1 N–H and O–H groups in total. The number of hydrogen-bond donors (Lipinski definition) is 1. The first-order chi connectivity index (χ1) is 8.75. The molecule has 1 aromatic rings. The van der Waals surface area contributed by atoms with E-state index in [2.05, 4.69) is 4.98 Å². The largest absolute Gasteiger partial charge is 0.417 e. The van der Waals surface area contributed by atoms with Crippen molar-refractivity contribution >= 4 is 17.4 Å². The summed E-state index contributed by atoms with van der Waals surface area (Å²) in [6.45, 7) is 2.65. The highest BCUT2D eigenvalue weighted by Gasteiger charge is 2.42. The molecule has 1 aromatic heterocycles. The second kappa shape index (κ2) is 4.83. The Morgan fingerprint density at radius 1 is 1.47 bits per heavy atom. The molecule has 0 amide bonds. The maximum atomic E-state index is 12.5. The molecule has 7 heteroatoms. The van der Waals surface area contributed by atoms with Gasteiger partial charge in [0.25, 0.3) is 0 Å². The Balaban J connectivity index is 2.12. The molecule has 1 aliphatic rings. The third kappa shape index (κ3) is 2.95. The first kappa shape index (κ1) is 14.4. The van der Waals surface area contributed by atoms with E-state index in [0.717, 1.165) is 18.7 Å². The van der Waals surface area contributed by atoms with Crippen LogP contribution in [-0.4, -0.2) is 28.8 Å². The maximum Gasteiger partial charge on any atom is 0.417 e. The number of pyridine rings is 1. The molecular weight excluding hydrogens is 281 g/mol. The molecule has 0 unspecified atom stereocenters. The van der Waals surface area contributed by atoms with Crippen LogP contribution in [0.5, 0.6) is 0 Å². The van der Waals surface area contributed by atoms with Gasteiger partial charge in [0.15, 0.2) is 0 Å². The molecule has 0 bridgehead atoms. The third-order valence-electron chi connectivity index (χ3n) is 3.13. The smallest absolute Gasteiger partial charge is 0.386 e. The average Bonchev–Trinajstić information content (AvgIpc) is 2.25. The summed E-state index contributed by atoms with van der Waals surface area (Å²) in [5.41, 5.74) is -1.65. The summed E-state index contributed by atoms with van der Waals surface area (Å²) in [4.78, 5) is 5.43. The fraction of sp³-hybridized carbons (Fsp3) is 0.583. The van der Waals surface area contributed by atoms with Crippen LogP contribution in [0.4, 0.5) is 19.0 Å². The summed E-state index contributed by atoms with van der Waals surface area (Å²) in [6.07, 6.45) is -2.19. The van der Waals surface area contributed by atoms with Gasteiger partial charge in [0.1, 0.15) is 5.82 Å². The molecule has 1 aliphatic heterocycles.